The molecule has 2 N–H and O–H groups in total. The van der Waals surface area contributed by atoms with E-state index in [9.17, 15) is 9.59 Å². The summed E-state index contributed by atoms with van der Waals surface area (Å²) in [4.78, 5) is 24.7. The summed E-state index contributed by atoms with van der Waals surface area (Å²) >= 11 is -0.144. The van der Waals surface area contributed by atoms with Crippen LogP contribution in [0.1, 0.15) is 15.7 Å². The van der Waals surface area contributed by atoms with E-state index in [2.05, 4.69) is 5.32 Å². The molecule has 1 amide bonds. The molecule has 0 aliphatic carbocycles. The standard InChI is InChI=1S/C14H16N2O3Se/c1-16(2)6-5-13(17)15-10-3-4-11-9(7-10)8-12(20-11)14(18)19/h3-4,7-8H,5-6H2,1-2H3,(H,15,17)(H,18,19). The minimum absolute atomic E-state index is 0.0374. The van der Waals surface area contributed by atoms with Crippen LogP contribution < -0.4 is 5.32 Å². The zero-order chi connectivity index (χ0) is 14.7. The average Bonchev–Trinajstić information content (AvgIpc) is 2.79. The quantitative estimate of drug-likeness (QED) is 0.810. The van der Waals surface area contributed by atoms with Crippen molar-refractivity contribution in [1.29, 1.82) is 0 Å². The number of fused-ring (bicyclic) bond motifs is 1. The number of aromatic carboxylic acids is 1. The zero-order valence-electron chi connectivity index (χ0n) is 11.3. The third-order valence-corrected chi connectivity index (χ3v) is 5.11. The van der Waals surface area contributed by atoms with Crippen LogP contribution in [0.25, 0.3) is 9.65 Å². The van der Waals surface area contributed by atoms with Crippen LogP contribution in [0.5, 0.6) is 0 Å². The Labute approximate surface area is 122 Å². The number of anilines is 1. The van der Waals surface area contributed by atoms with Crippen LogP contribution >= 0.6 is 0 Å². The fourth-order valence-corrected chi connectivity index (χ4v) is 3.63. The van der Waals surface area contributed by atoms with Gasteiger partial charge in [0, 0.05) is 0 Å². The van der Waals surface area contributed by atoms with Crippen molar-refractivity contribution in [1.82, 2.24) is 4.90 Å². The Morgan fingerprint density at radius 3 is 2.70 bits per heavy atom. The summed E-state index contributed by atoms with van der Waals surface area (Å²) in [6.45, 7) is 0.697. The molecule has 0 fully saturated rings. The van der Waals surface area contributed by atoms with Crippen LogP contribution in [-0.4, -0.2) is 57.0 Å². The molecule has 0 radical (unpaired) electrons. The van der Waals surface area contributed by atoms with Crippen LogP contribution in [0.15, 0.2) is 24.3 Å². The number of nitrogens with zero attached hydrogens (tertiary/aromatic N) is 1. The SMILES string of the molecule is CN(C)CCC(=O)Nc1ccc2[se]c(C(=O)O)cc2c1. The second-order valence-electron chi connectivity index (χ2n) is 4.77. The van der Waals surface area contributed by atoms with Gasteiger partial charge < -0.3 is 0 Å². The molecule has 0 aliphatic rings. The third-order valence-electron chi connectivity index (χ3n) is 2.80. The Bertz CT molecular complexity index is 649. The summed E-state index contributed by atoms with van der Waals surface area (Å²) < 4.78 is 1.49. The summed E-state index contributed by atoms with van der Waals surface area (Å²) in [6, 6.07) is 7.24. The van der Waals surface area contributed by atoms with Crippen molar-refractivity contribution in [3.63, 3.8) is 0 Å². The molecule has 0 saturated carbocycles. The molecule has 6 heteroatoms. The van der Waals surface area contributed by atoms with E-state index in [1.54, 1.807) is 6.07 Å². The first kappa shape index (κ1) is 14.8. The first-order chi connectivity index (χ1) is 9.45. The summed E-state index contributed by atoms with van der Waals surface area (Å²) in [7, 11) is 3.84. The molecule has 2 rings (SSSR count). The van der Waals surface area contributed by atoms with Crippen molar-refractivity contribution in [2.45, 2.75) is 6.42 Å². The summed E-state index contributed by atoms with van der Waals surface area (Å²) in [6.07, 6.45) is 0.435. The van der Waals surface area contributed by atoms with Gasteiger partial charge in [0.2, 0.25) is 0 Å². The molecule has 0 atom stereocenters. The predicted octanol–water partition coefficient (Wildman–Crippen LogP) is 1.49. The number of benzene rings is 1. The number of hydrogen-bond acceptors (Lipinski definition) is 3. The molecule has 1 aromatic carbocycles. The van der Waals surface area contributed by atoms with E-state index in [0.29, 0.717) is 23.1 Å². The molecule has 0 bridgehead atoms. The van der Waals surface area contributed by atoms with Gasteiger partial charge in [0.15, 0.2) is 0 Å². The van der Waals surface area contributed by atoms with E-state index in [0.717, 1.165) is 9.65 Å². The summed E-state index contributed by atoms with van der Waals surface area (Å²) in [5, 5.41) is 12.7. The van der Waals surface area contributed by atoms with Crippen molar-refractivity contribution >= 4 is 41.7 Å². The molecule has 106 valence electrons. The first-order valence-corrected chi connectivity index (χ1v) is 7.88. The fraction of sp³-hybridized carbons (Fsp3) is 0.286. The van der Waals surface area contributed by atoms with Gasteiger partial charge in [0.25, 0.3) is 0 Å². The maximum absolute atomic E-state index is 11.7. The summed E-state index contributed by atoms with van der Waals surface area (Å²) in [5.41, 5.74) is 0.714. The molecule has 2 aromatic rings. The average molecular weight is 339 g/mol. The molecule has 0 spiro atoms. The topological polar surface area (TPSA) is 69.6 Å². The monoisotopic (exact) mass is 340 g/mol. The van der Waals surface area contributed by atoms with E-state index in [-0.39, 0.29) is 20.4 Å². The van der Waals surface area contributed by atoms with Crippen molar-refractivity contribution in [3.05, 3.63) is 28.7 Å². The van der Waals surface area contributed by atoms with E-state index >= 15 is 0 Å². The molecular formula is C14H16N2O3Se. The van der Waals surface area contributed by atoms with Gasteiger partial charge in [0.1, 0.15) is 0 Å². The molecule has 0 aliphatic heterocycles. The normalized spacial score (nSPS) is 10.9. The van der Waals surface area contributed by atoms with Gasteiger partial charge in [-0.25, -0.2) is 0 Å². The van der Waals surface area contributed by atoms with Crippen molar-refractivity contribution in [2.75, 3.05) is 26.0 Å². The fourth-order valence-electron chi connectivity index (χ4n) is 1.78. The Morgan fingerprint density at radius 1 is 1.30 bits per heavy atom. The maximum atomic E-state index is 11.7. The minimum atomic E-state index is -0.863. The number of hydrogen-bond donors (Lipinski definition) is 2. The first-order valence-electron chi connectivity index (χ1n) is 6.17. The van der Waals surface area contributed by atoms with Gasteiger partial charge in [-0.15, -0.1) is 0 Å². The molecule has 0 saturated heterocycles. The molecule has 5 nitrogen and oxygen atoms in total. The number of carboxylic acid groups (broad SMARTS) is 1. The Balaban J connectivity index is 2.11. The number of carbonyl (C=O) groups excluding carboxylic acids is 1. The zero-order valence-corrected chi connectivity index (χ0v) is 13.1. The predicted molar refractivity (Wildman–Crippen MR) is 79.6 cm³/mol. The number of rotatable bonds is 5. The van der Waals surface area contributed by atoms with E-state index < -0.39 is 5.97 Å². The van der Waals surface area contributed by atoms with Crippen molar-refractivity contribution < 1.29 is 14.7 Å². The molecule has 1 aromatic heterocycles. The Hall–Kier alpha value is -1.62. The van der Waals surface area contributed by atoms with Crippen molar-refractivity contribution in [3.8, 4) is 0 Å². The van der Waals surface area contributed by atoms with Gasteiger partial charge in [-0.3, -0.25) is 0 Å². The molecule has 1 heterocycles. The van der Waals surface area contributed by atoms with Crippen LogP contribution in [0.3, 0.4) is 0 Å². The second kappa shape index (κ2) is 6.22. The number of amides is 1. The van der Waals surface area contributed by atoms with Crippen molar-refractivity contribution in [2.24, 2.45) is 0 Å². The number of carboxylic acids is 1. The second-order valence-corrected chi connectivity index (χ2v) is 7.04. The van der Waals surface area contributed by atoms with Crippen LogP contribution in [0, 0.1) is 0 Å². The third kappa shape index (κ3) is 3.70. The van der Waals surface area contributed by atoms with E-state index in [1.165, 1.54) is 0 Å². The van der Waals surface area contributed by atoms with Gasteiger partial charge in [-0.2, -0.15) is 0 Å². The van der Waals surface area contributed by atoms with Crippen LogP contribution in [-0.2, 0) is 4.79 Å². The number of nitrogens with one attached hydrogen (secondary N) is 1. The number of carbonyl (C=O) groups is 2. The van der Waals surface area contributed by atoms with Gasteiger partial charge in [0.05, 0.1) is 0 Å². The van der Waals surface area contributed by atoms with Gasteiger partial charge >= 0.3 is 122 Å². The van der Waals surface area contributed by atoms with E-state index in [1.807, 2.05) is 37.2 Å². The Morgan fingerprint density at radius 2 is 2.05 bits per heavy atom. The molecule has 0 unspecified atom stereocenters. The van der Waals surface area contributed by atoms with Crippen LogP contribution in [0.2, 0.25) is 0 Å². The van der Waals surface area contributed by atoms with Crippen LogP contribution in [0.4, 0.5) is 5.69 Å². The van der Waals surface area contributed by atoms with E-state index in [4.69, 9.17) is 5.11 Å². The molecular weight excluding hydrogens is 323 g/mol. The van der Waals surface area contributed by atoms with Gasteiger partial charge in [-0.1, -0.05) is 0 Å². The molecule has 20 heavy (non-hydrogen) atoms. The Kier molecular flexibility index (Phi) is 4.60. The summed E-state index contributed by atoms with van der Waals surface area (Å²) in [5.74, 6) is -0.901. The van der Waals surface area contributed by atoms with Gasteiger partial charge in [-0.05, 0) is 0 Å².